The van der Waals surface area contributed by atoms with Gasteiger partial charge in [0.1, 0.15) is 24.0 Å². The van der Waals surface area contributed by atoms with Crippen LogP contribution in [-0.4, -0.2) is 26.1 Å². The Balaban J connectivity index is 1.72. The average Bonchev–Trinajstić information content (AvgIpc) is 3.31. The fourth-order valence-corrected chi connectivity index (χ4v) is 2.86. The SMILES string of the molecule is COC(=O)c1ccc(COc2ccc(C=C(C#N)C(=O)Nc3ccc(C)cc3)cc2OC)o1. The average molecular weight is 446 g/mol. The van der Waals surface area contributed by atoms with Gasteiger partial charge in [-0.3, -0.25) is 4.79 Å². The van der Waals surface area contributed by atoms with Gasteiger partial charge >= 0.3 is 5.97 Å². The predicted molar refractivity (Wildman–Crippen MR) is 121 cm³/mol. The second-order valence-electron chi connectivity index (χ2n) is 6.95. The number of hydrogen-bond donors (Lipinski definition) is 1. The van der Waals surface area contributed by atoms with Crippen molar-refractivity contribution in [3.63, 3.8) is 0 Å². The largest absolute Gasteiger partial charge is 0.493 e. The van der Waals surface area contributed by atoms with Crippen molar-refractivity contribution in [1.29, 1.82) is 5.26 Å². The third-order valence-corrected chi connectivity index (χ3v) is 4.59. The first-order valence-electron chi connectivity index (χ1n) is 9.91. The van der Waals surface area contributed by atoms with E-state index in [1.54, 1.807) is 36.4 Å². The van der Waals surface area contributed by atoms with Crippen molar-refractivity contribution in [1.82, 2.24) is 0 Å². The molecule has 0 bridgehead atoms. The number of nitrogens with one attached hydrogen (secondary N) is 1. The van der Waals surface area contributed by atoms with E-state index in [2.05, 4.69) is 10.1 Å². The summed E-state index contributed by atoms with van der Waals surface area (Å²) in [6, 6.07) is 17.3. The maximum atomic E-state index is 12.5. The molecule has 0 aliphatic carbocycles. The minimum absolute atomic E-state index is 0.0581. The van der Waals surface area contributed by atoms with Gasteiger partial charge in [0.15, 0.2) is 11.5 Å². The molecule has 0 radical (unpaired) electrons. The van der Waals surface area contributed by atoms with Crippen LogP contribution in [0.25, 0.3) is 6.08 Å². The molecule has 3 aromatic rings. The summed E-state index contributed by atoms with van der Waals surface area (Å²) in [7, 11) is 2.75. The normalized spacial score (nSPS) is 10.8. The van der Waals surface area contributed by atoms with Crippen LogP contribution in [0, 0.1) is 18.3 Å². The molecule has 2 aromatic carbocycles. The Labute approximate surface area is 191 Å². The molecular weight excluding hydrogens is 424 g/mol. The van der Waals surface area contributed by atoms with Gasteiger partial charge in [0.2, 0.25) is 5.76 Å². The van der Waals surface area contributed by atoms with Crippen LogP contribution in [0.2, 0.25) is 0 Å². The smallest absolute Gasteiger partial charge is 0.373 e. The van der Waals surface area contributed by atoms with Crippen LogP contribution < -0.4 is 14.8 Å². The van der Waals surface area contributed by atoms with Crippen LogP contribution in [0.3, 0.4) is 0 Å². The molecule has 168 valence electrons. The highest BCUT2D eigenvalue weighted by atomic mass is 16.5. The highest BCUT2D eigenvalue weighted by Gasteiger charge is 2.14. The van der Waals surface area contributed by atoms with Gasteiger partial charge in [-0.1, -0.05) is 23.8 Å². The van der Waals surface area contributed by atoms with Crippen molar-refractivity contribution in [2.75, 3.05) is 19.5 Å². The summed E-state index contributed by atoms with van der Waals surface area (Å²) in [6.07, 6.45) is 1.46. The molecule has 1 amide bonds. The van der Waals surface area contributed by atoms with Crippen LogP contribution in [0.4, 0.5) is 5.69 Å². The first kappa shape index (κ1) is 23.2. The number of furan rings is 1. The maximum absolute atomic E-state index is 12.5. The highest BCUT2D eigenvalue weighted by molar-refractivity contribution is 6.09. The molecule has 0 unspecified atom stereocenters. The number of ether oxygens (including phenoxy) is 3. The molecule has 8 heteroatoms. The zero-order chi connectivity index (χ0) is 23.8. The molecule has 1 N–H and O–H groups in total. The number of methoxy groups -OCH3 is 2. The molecule has 0 saturated carbocycles. The Morgan fingerprint density at radius 3 is 2.48 bits per heavy atom. The number of hydrogen-bond acceptors (Lipinski definition) is 7. The number of benzene rings is 2. The molecule has 0 spiro atoms. The van der Waals surface area contributed by atoms with E-state index >= 15 is 0 Å². The summed E-state index contributed by atoms with van der Waals surface area (Å²) in [5.74, 6) is 0.250. The van der Waals surface area contributed by atoms with E-state index in [1.807, 2.05) is 25.1 Å². The van der Waals surface area contributed by atoms with Gasteiger partial charge in [-0.05, 0) is 55.0 Å². The first-order chi connectivity index (χ1) is 15.9. The Morgan fingerprint density at radius 1 is 1.06 bits per heavy atom. The van der Waals surface area contributed by atoms with Gasteiger partial charge in [0, 0.05) is 5.69 Å². The molecular formula is C25H22N2O6. The van der Waals surface area contributed by atoms with Crippen molar-refractivity contribution < 1.29 is 28.2 Å². The molecule has 1 heterocycles. The van der Waals surface area contributed by atoms with Gasteiger partial charge in [-0.25, -0.2) is 4.79 Å². The predicted octanol–water partition coefficient (Wildman–Crippen LogP) is 4.51. The van der Waals surface area contributed by atoms with E-state index < -0.39 is 11.9 Å². The fourth-order valence-electron chi connectivity index (χ4n) is 2.86. The number of aryl methyl sites for hydroxylation is 1. The second kappa shape index (κ2) is 10.7. The van der Waals surface area contributed by atoms with Crippen molar-refractivity contribution >= 4 is 23.6 Å². The van der Waals surface area contributed by atoms with E-state index in [-0.39, 0.29) is 17.9 Å². The Kier molecular flexibility index (Phi) is 7.50. The minimum Gasteiger partial charge on any atom is -0.493 e. The summed E-state index contributed by atoms with van der Waals surface area (Å²) in [6.45, 7) is 2.01. The minimum atomic E-state index is -0.574. The Morgan fingerprint density at radius 2 is 1.82 bits per heavy atom. The molecule has 0 atom stereocenters. The summed E-state index contributed by atoms with van der Waals surface area (Å²) in [5.41, 5.74) is 2.19. The van der Waals surface area contributed by atoms with Gasteiger partial charge in [0.05, 0.1) is 14.2 Å². The quantitative estimate of drug-likeness (QED) is 0.308. The van der Waals surface area contributed by atoms with E-state index in [0.717, 1.165) is 5.56 Å². The molecule has 0 fully saturated rings. The van der Waals surface area contributed by atoms with Crippen molar-refractivity contribution in [2.45, 2.75) is 13.5 Å². The Hall–Kier alpha value is -4.51. The number of rotatable bonds is 8. The lowest BCUT2D eigenvalue weighted by Gasteiger charge is -2.11. The summed E-state index contributed by atoms with van der Waals surface area (Å²) < 4.78 is 21.1. The van der Waals surface area contributed by atoms with E-state index in [0.29, 0.717) is 28.5 Å². The third kappa shape index (κ3) is 6.02. The van der Waals surface area contributed by atoms with Crippen LogP contribution in [0.15, 0.2) is 64.6 Å². The summed E-state index contributed by atoms with van der Waals surface area (Å²) >= 11 is 0. The molecule has 0 saturated heterocycles. The molecule has 3 rings (SSSR count). The number of anilines is 1. The van der Waals surface area contributed by atoms with E-state index in [4.69, 9.17) is 13.9 Å². The number of esters is 1. The van der Waals surface area contributed by atoms with Crippen LogP contribution >= 0.6 is 0 Å². The van der Waals surface area contributed by atoms with Crippen LogP contribution in [0.1, 0.15) is 27.4 Å². The maximum Gasteiger partial charge on any atom is 0.373 e. The van der Waals surface area contributed by atoms with Crippen LogP contribution in [0.5, 0.6) is 11.5 Å². The lowest BCUT2D eigenvalue weighted by atomic mass is 10.1. The topological polar surface area (TPSA) is 111 Å². The standard InChI is InChI=1S/C25H22N2O6/c1-16-4-7-19(8-5-16)27-24(28)18(14-26)12-17-6-10-21(23(13-17)30-2)32-15-20-9-11-22(33-20)25(29)31-3/h4-13H,15H2,1-3H3,(H,27,28). The number of carbonyl (C=O) groups is 2. The molecule has 33 heavy (non-hydrogen) atoms. The molecule has 8 nitrogen and oxygen atoms in total. The van der Waals surface area contributed by atoms with Crippen molar-refractivity contribution in [3.8, 4) is 17.6 Å². The summed E-state index contributed by atoms with van der Waals surface area (Å²) in [4.78, 5) is 24.0. The number of nitrogens with zero attached hydrogens (tertiary/aromatic N) is 1. The molecule has 0 aliphatic heterocycles. The summed E-state index contributed by atoms with van der Waals surface area (Å²) in [5, 5.41) is 12.2. The van der Waals surface area contributed by atoms with Gasteiger partial charge in [-0.15, -0.1) is 0 Å². The van der Waals surface area contributed by atoms with Gasteiger partial charge in [0.25, 0.3) is 5.91 Å². The third-order valence-electron chi connectivity index (χ3n) is 4.59. The number of amides is 1. The van der Waals surface area contributed by atoms with E-state index in [1.165, 1.54) is 26.4 Å². The van der Waals surface area contributed by atoms with Crippen molar-refractivity contribution in [3.05, 3.63) is 82.8 Å². The first-order valence-corrected chi connectivity index (χ1v) is 9.91. The lowest BCUT2D eigenvalue weighted by Crippen LogP contribution is -2.13. The highest BCUT2D eigenvalue weighted by Crippen LogP contribution is 2.30. The Bertz CT molecular complexity index is 1220. The molecule has 1 aromatic heterocycles. The number of nitriles is 1. The lowest BCUT2D eigenvalue weighted by molar-refractivity contribution is -0.112. The zero-order valence-electron chi connectivity index (χ0n) is 18.4. The van der Waals surface area contributed by atoms with Gasteiger partial charge < -0.3 is 23.9 Å². The number of carbonyl (C=O) groups excluding carboxylic acids is 2. The zero-order valence-corrected chi connectivity index (χ0v) is 18.4. The van der Waals surface area contributed by atoms with Crippen LogP contribution in [-0.2, 0) is 16.1 Å². The van der Waals surface area contributed by atoms with E-state index in [9.17, 15) is 14.9 Å². The monoisotopic (exact) mass is 446 g/mol. The second-order valence-corrected chi connectivity index (χ2v) is 6.95. The van der Waals surface area contributed by atoms with Gasteiger partial charge in [-0.2, -0.15) is 5.26 Å². The molecule has 0 aliphatic rings. The fraction of sp³-hybridized carbons (Fsp3) is 0.160. The van der Waals surface area contributed by atoms with Crippen molar-refractivity contribution in [2.24, 2.45) is 0 Å².